The first kappa shape index (κ1) is 16.6. The molecule has 2 saturated carbocycles. The highest BCUT2D eigenvalue weighted by molar-refractivity contribution is 5.80. The quantitative estimate of drug-likeness (QED) is 0.636. The number of fused-ring (bicyclic) bond motifs is 2. The lowest BCUT2D eigenvalue weighted by atomic mass is 9.86. The summed E-state index contributed by atoms with van der Waals surface area (Å²) in [7, 11) is 0. The van der Waals surface area contributed by atoms with Crippen molar-refractivity contribution in [3.8, 4) is 0 Å². The van der Waals surface area contributed by atoms with Gasteiger partial charge < -0.3 is 15.1 Å². The topological polar surface area (TPSA) is 47.9 Å². The van der Waals surface area contributed by atoms with Crippen molar-refractivity contribution in [1.82, 2.24) is 15.1 Å². The van der Waals surface area contributed by atoms with Crippen LogP contribution in [0.25, 0.3) is 0 Å². The van der Waals surface area contributed by atoms with Crippen molar-refractivity contribution in [1.29, 1.82) is 0 Å². The second-order valence-electron chi connectivity index (χ2n) is 7.45. The van der Waals surface area contributed by atoms with Crippen molar-refractivity contribution in [3.63, 3.8) is 0 Å². The second-order valence-corrected chi connectivity index (χ2v) is 7.45. The summed E-state index contributed by atoms with van der Waals surface area (Å²) in [5, 5.41) is 3.43. The van der Waals surface area contributed by atoms with Crippen molar-refractivity contribution in [3.05, 3.63) is 0 Å². The van der Waals surface area contributed by atoms with Crippen LogP contribution in [-0.2, 0) is 4.79 Å². The lowest BCUT2D eigenvalue weighted by molar-refractivity contribution is -0.130. The minimum Gasteiger partial charge on any atom is -0.357 e. The van der Waals surface area contributed by atoms with Gasteiger partial charge >= 0.3 is 0 Å². The third-order valence-corrected chi connectivity index (χ3v) is 6.01. The van der Waals surface area contributed by atoms with Crippen LogP contribution < -0.4 is 5.32 Å². The van der Waals surface area contributed by atoms with Crippen molar-refractivity contribution >= 4 is 11.9 Å². The van der Waals surface area contributed by atoms with Gasteiger partial charge in [0.05, 0.1) is 0 Å². The molecule has 1 saturated heterocycles. The van der Waals surface area contributed by atoms with E-state index in [0.29, 0.717) is 0 Å². The summed E-state index contributed by atoms with van der Waals surface area (Å²) in [5.74, 6) is 4.18. The van der Waals surface area contributed by atoms with Gasteiger partial charge in [0.2, 0.25) is 5.91 Å². The Labute approximate surface area is 140 Å². The van der Waals surface area contributed by atoms with E-state index in [1.807, 2.05) is 4.90 Å². The molecule has 5 heteroatoms. The number of hydrogen-bond donors (Lipinski definition) is 1. The average molecular weight is 320 g/mol. The third kappa shape index (κ3) is 3.99. The fraction of sp³-hybridized carbons (Fsp3) is 0.889. The maximum atomic E-state index is 11.4. The number of piperazine rings is 1. The van der Waals surface area contributed by atoms with Gasteiger partial charge in [0.15, 0.2) is 5.96 Å². The zero-order valence-electron chi connectivity index (χ0n) is 14.8. The highest BCUT2D eigenvalue weighted by Gasteiger charge is 2.38. The summed E-state index contributed by atoms with van der Waals surface area (Å²) in [4.78, 5) is 20.6. The van der Waals surface area contributed by atoms with Gasteiger partial charge in [-0.25, -0.2) is 0 Å². The molecule has 1 amide bonds. The van der Waals surface area contributed by atoms with Gasteiger partial charge in [0.25, 0.3) is 0 Å². The van der Waals surface area contributed by atoms with E-state index in [1.54, 1.807) is 6.92 Å². The molecule has 2 bridgehead atoms. The Morgan fingerprint density at radius 2 is 1.87 bits per heavy atom. The Morgan fingerprint density at radius 1 is 1.13 bits per heavy atom. The summed E-state index contributed by atoms with van der Waals surface area (Å²) in [6.07, 6.45) is 7.14. The van der Waals surface area contributed by atoms with Crippen LogP contribution in [0.2, 0.25) is 0 Å². The first-order chi connectivity index (χ1) is 11.2. The lowest BCUT2D eigenvalue weighted by Crippen LogP contribution is -2.53. The van der Waals surface area contributed by atoms with E-state index < -0.39 is 0 Å². The molecule has 1 heterocycles. The van der Waals surface area contributed by atoms with E-state index in [9.17, 15) is 4.79 Å². The van der Waals surface area contributed by atoms with Gasteiger partial charge in [-0.15, -0.1) is 0 Å². The summed E-state index contributed by atoms with van der Waals surface area (Å²) >= 11 is 0. The SMILES string of the molecule is CCNC(=NCCC1CC2CCC1C2)N1CCN(C(C)=O)CC1. The number of rotatable bonds is 4. The molecule has 0 radical (unpaired) electrons. The number of guanidine groups is 1. The number of carbonyl (C=O) groups excluding carboxylic acids is 1. The molecule has 3 unspecified atom stereocenters. The van der Waals surface area contributed by atoms with Crippen LogP contribution in [0.1, 0.15) is 46.0 Å². The molecule has 5 nitrogen and oxygen atoms in total. The van der Waals surface area contributed by atoms with Crippen LogP contribution in [0.5, 0.6) is 0 Å². The summed E-state index contributed by atoms with van der Waals surface area (Å²) in [6, 6.07) is 0. The van der Waals surface area contributed by atoms with Gasteiger partial charge in [-0.3, -0.25) is 9.79 Å². The Kier molecular flexibility index (Phi) is 5.44. The first-order valence-corrected chi connectivity index (χ1v) is 9.46. The van der Waals surface area contributed by atoms with Crippen molar-refractivity contribution in [2.24, 2.45) is 22.7 Å². The fourth-order valence-corrected chi connectivity index (χ4v) is 4.73. The summed E-state index contributed by atoms with van der Waals surface area (Å²) in [5.41, 5.74) is 0. The third-order valence-electron chi connectivity index (χ3n) is 6.01. The molecule has 2 aliphatic carbocycles. The number of aliphatic imine (C=N–C) groups is 1. The monoisotopic (exact) mass is 320 g/mol. The van der Waals surface area contributed by atoms with Crippen LogP contribution in [0.3, 0.4) is 0 Å². The van der Waals surface area contributed by atoms with Crippen LogP contribution in [0.4, 0.5) is 0 Å². The van der Waals surface area contributed by atoms with Gasteiger partial charge in [0, 0.05) is 46.2 Å². The maximum Gasteiger partial charge on any atom is 0.219 e. The van der Waals surface area contributed by atoms with Crippen LogP contribution >= 0.6 is 0 Å². The molecule has 3 aliphatic rings. The second kappa shape index (κ2) is 7.54. The number of amides is 1. The Balaban J connectivity index is 1.49. The first-order valence-electron chi connectivity index (χ1n) is 9.46. The molecule has 3 atom stereocenters. The predicted octanol–water partition coefficient (Wildman–Crippen LogP) is 1.94. The molecular weight excluding hydrogens is 288 g/mol. The number of carbonyl (C=O) groups is 1. The van der Waals surface area contributed by atoms with Gasteiger partial charge in [0.1, 0.15) is 0 Å². The van der Waals surface area contributed by atoms with Crippen LogP contribution in [0, 0.1) is 17.8 Å². The molecule has 130 valence electrons. The van der Waals surface area contributed by atoms with Crippen molar-refractivity contribution in [2.45, 2.75) is 46.0 Å². The normalized spacial score (nSPS) is 30.9. The minimum atomic E-state index is 0.183. The zero-order valence-corrected chi connectivity index (χ0v) is 14.8. The summed E-state index contributed by atoms with van der Waals surface area (Å²) < 4.78 is 0. The Bertz CT molecular complexity index is 442. The molecule has 3 rings (SSSR count). The molecule has 1 aliphatic heterocycles. The van der Waals surface area contributed by atoms with Crippen LogP contribution in [-0.4, -0.2) is 60.9 Å². The molecular formula is C18H32N4O. The molecule has 0 aromatic rings. The van der Waals surface area contributed by atoms with Gasteiger partial charge in [-0.05, 0) is 50.4 Å². The smallest absolute Gasteiger partial charge is 0.219 e. The number of hydrogen-bond acceptors (Lipinski definition) is 2. The number of nitrogens with zero attached hydrogens (tertiary/aromatic N) is 3. The summed E-state index contributed by atoms with van der Waals surface area (Å²) in [6.45, 7) is 9.03. The Morgan fingerprint density at radius 3 is 2.43 bits per heavy atom. The molecule has 23 heavy (non-hydrogen) atoms. The fourth-order valence-electron chi connectivity index (χ4n) is 4.73. The largest absolute Gasteiger partial charge is 0.357 e. The van der Waals surface area contributed by atoms with Crippen molar-refractivity contribution in [2.75, 3.05) is 39.3 Å². The standard InChI is InChI=1S/C18H32N4O/c1-3-19-18(22-10-8-21(9-11-22)14(2)23)20-7-6-17-13-15-4-5-16(17)12-15/h15-17H,3-13H2,1-2H3,(H,19,20). The molecule has 0 spiro atoms. The predicted molar refractivity (Wildman–Crippen MR) is 93.4 cm³/mol. The van der Waals surface area contributed by atoms with E-state index in [1.165, 1.54) is 32.1 Å². The maximum absolute atomic E-state index is 11.4. The molecule has 0 aromatic carbocycles. The highest BCUT2D eigenvalue weighted by atomic mass is 16.2. The van der Waals surface area contributed by atoms with E-state index in [-0.39, 0.29) is 5.91 Å². The highest BCUT2D eigenvalue weighted by Crippen LogP contribution is 2.49. The average Bonchev–Trinajstić information content (AvgIpc) is 3.17. The minimum absolute atomic E-state index is 0.183. The van der Waals surface area contributed by atoms with E-state index in [4.69, 9.17) is 4.99 Å². The number of nitrogens with one attached hydrogen (secondary N) is 1. The van der Waals surface area contributed by atoms with Crippen LogP contribution in [0.15, 0.2) is 4.99 Å². The van der Waals surface area contributed by atoms with Crippen molar-refractivity contribution < 1.29 is 4.79 Å². The van der Waals surface area contributed by atoms with E-state index in [0.717, 1.165) is 63.0 Å². The Hall–Kier alpha value is -1.26. The zero-order chi connectivity index (χ0) is 16.2. The van der Waals surface area contributed by atoms with E-state index >= 15 is 0 Å². The molecule has 0 aromatic heterocycles. The molecule has 1 N–H and O–H groups in total. The molecule has 3 fully saturated rings. The lowest BCUT2D eigenvalue weighted by Gasteiger charge is -2.36. The van der Waals surface area contributed by atoms with Gasteiger partial charge in [-0.1, -0.05) is 6.42 Å². The van der Waals surface area contributed by atoms with Gasteiger partial charge in [-0.2, -0.15) is 0 Å². The van der Waals surface area contributed by atoms with E-state index in [2.05, 4.69) is 17.1 Å².